The molecule has 0 saturated heterocycles. The van der Waals surface area contributed by atoms with E-state index in [9.17, 15) is 13.6 Å². The van der Waals surface area contributed by atoms with E-state index in [2.05, 4.69) is 6.92 Å². The van der Waals surface area contributed by atoms with Crippen molar-refractivity contribution < 1.29 is 13.6 Å². The summed E-state index contributed by atoms with van der Waals surface area (Å²) in [5.74, 6) is -1.70. The molecule has 4 heteroatoms. The number of anilines is 1. The third-order valence-electron chi connectivity index (χ3n) is 3.95. The second-order valence-electron chi connectivity index (χ2n) is 5.80. The molecule has 2 rings (SSSR count). The average Bonchev–Trinajstić information content (AvgIpc) is 2.52. The van der Waals surface area contributed by atoms with Gasteiger partial charge in [0.1, 0.15) is 11.6 Å². The number of rotatable bonds is 5. The van der Waals surface area contributed by atoms with Crippen molar-refractivity contribution in [3.05, 3.63) is 65.2 Å². The van der Waals surface area contributed by atoms with E-state index in [4.69, 9.17) is 0 Å². The zero-order chi connectivity index (χ0) is 17.0. The number of benzene rings is 2. The van der Waals surface area contributed by atoms with Crippen LogP contribution in [0.2, 0.25) is 0 Å². The number of hydrogen-bond acceptors (Lipinski definition) is 1. The Balaban J connectivity index is 2.08. The van der Waals surface area contributed by atoms with E-state index in [1.807, 2.05) is 24.3 Å². The van der Waals surface area contributed by atoms with E-state index in [-0.39, 0.29) is 11.8 Å². The standard InChI is InChI=1S/C19H21F2NO/c1-4-14-5-7-18(8-6-14)22(3)19(23)13(2)9-15-10-16(20)12-17(21)11-15/h5-8,10-13H,4,9H2,1-3H3/t13-/m0/s1. The van der Waals surface area contributed by atoms with Crippen molar-refractivity contribution in [2.24, 2.45) is 5.92 Å². The first-order valence-corrected chi connectivity index (χ1v) is 7.72. The van der Waals surface area contributed by atoms with Crippen molar-refractivity contribution in [1.29, 1.82) is 0 Å². The molecule has 2 nitrogen and oxygen atoms in total. The average molecular weight is 317 g/mol. The Hall–Kier alpha value is -2.23. The van der Waals surface area contributed by atoms with Gasteiger partial charge in [0, 0.05) is 24.7 Å². The van der Waals surface area contributed by atoms with E-state index in [0.717, 1.165) is 18.2 Å². The van der Waals surface area contributed by atoms with Gasteiger partial charge in [-0.2, -0.15) is 0 Å². The van der Waals surface area contributed by atoms with Crippen LogP contribution < -0.4 is 4.90 Å². The maximum absolute atomic E-state index is 13.2. The Morgan fingerprint density at radius 1 is 1.04 bits per heavy atom. The lowest BCUT2D eigenvalue weighted by atomic mass is 9.99. The molecule has 0 heterocycles. The molecule has 0 bridgehead atoms. The third kappa shape index (κ3) is 4.38. The zero-order valence-corrected chi connectivity index (χ0v) is 13.6. The summed E-state index contributed by atoms with van der Waals surface area (Å²) in [4.78, 5) is 14.1. The topological polar surface area (TPSA) is 20.3 Å². The maximum atomic E-state index is 13.2. The van der Waals surface area contributed by atoms with Gasteiger partial charge in [0.15, 0.2) is 0 Å². The fraction of sp³-hybridized carbons (Fsp3) is 0.316. The van der Waals surface area contributed by atoms with Gasteiger partial charge in [-0.25, -0.2) is 8.78 Å². The van der Waals surface area contributed by atoms with Crippen LogP contribution in [-0.2, 0) is 17.6 Å². The van der Waals surface area contributed by atoms with Gasteiger partial charge in [-0.3, -0.25) is 4.79 Å². The number of hydrogen-bond donors (Lipinski definition) is 0. The number of carbonyl (C=O) groups is 1. The van der Waals surface area contributed by atoms with Crippen LogP contribution in [0.25, 0.3) is 0 Å². The van der Waals surface area contributed by atoms with E-state index < -0.39 is 11.6 Å². The van der Waals surface area contributed by atoms with Crippen LogP contribution in [0.5, 0.6) is 0 Å². The Morgan fingerprint density at radius 3 is 2.13 bits per heavy atom. The van der Waals surface area contributed by atoms with Crippen molar-refractivity contribution in [1.82, 2.24) is 0 Å². The Morgan fingerprint density at radius 2 is 1.61 bits per heavy atom. The highest BCUT2D eigenvalue weighted by Crippen LogP contribution is 2.19. The van der Waals surface area contributed by atoms with Crippen molar-refractivity contribution >= 4 is 11.6 Å². The fourth-order valence-corrected chi connectivity index (χ4v) is 2.58. The zero-order valence-electron chi connectivity index (χ0n) is 13.6. The van der Waals surface area contributed by atoms with Gasteiger partial charge >= 0.3 is 0 Å². The first kappa shape index (κ1) is 17.1. The smallest absolute Gasteiger partial charge is 0.229 e. The Bertz CT molecular complexity index is 662. The van der Waals surface area contributed by atoms with Gasteiger partial charge in [-0.1, -0.05) is 26.0 Å². The molecule has 0 saturated carbocycles. The van der Waals surface area contributed by atoms with E-state index in [0.29, 0.717) is 12.0 Å². The molecule has 122 valence electrons. The molecule has 0 fully saturated rings. The van der Waals surface area contributed by atoms with Gasteiger partial charge in [-0.15, -0.1) is 0 Å². The molecule has 0 N–H and O–H groups in total. The molecule has 2 aromatic carbocycles. The molecule has 1 amide bonds. The summed E-state index contributed by atoms with van der Waals surface area (Å²) in [6, 6.07) is 11.2. The number of amides is 1. The number of nitrogens with zero attached hydrogens (tertiary/aromatic N) is 1. The molecule has 0 radical (unpaired) electrons. The summed E-state index contributed by atoms with van der Waals surface area (Å²) in [5, 5.41) is 0. The minimum atomic E-state index is -0.622. The molecule has 23 heavy (non-hydrogen) atoms. The van der Waals surface area contributed by atoms with Gasteiger partial charge in [0.2, 0.25) is 5.91 Å². The Labute approximate surface area is 135 Å². The molecule has 1 atom stereocenters. The molecule has 0 aliphatic heterocycles. The van der Waals surface area contributed by atoms with Gasteiger partial charge in [0.25, 0.3) is 0 Å². The molecule has 2 aromatic rings. The quantitative estimate of drug-likeness (QED) is 0.802. The highest BCUT2D eigenvalue weighted by Gasteiger charge is 2.19. The molecule has 0 aliphatic carbocycles. The normalized spacial score (nSPS) is 12.0. The van der Waals surface area contributed by atoms with Gasteiger partial charge < -0.3 is 4.90 Å². The molecule has 0 unspecified atom stereocenters. The van der Waals surface area contributed by atoms with Crippen LogP contribution in [0.1, 0.15) is 25.0 Å². The predicted octanol–water partition coefficient (Wildman–Crippen LogP) is 4.37. The first-order valence-electron chi connectivity index (χ1n) is 7.72. The largest absolute Gasteiger partial charge is 0.315 e. The van der Waals surface area contributed by atoms with Crippen LogP contribution in [0, 0.1) is 17.6 Å². The lowest BCUT2D eigenvalue weighted by Gasteiger charge is -2.22. The van der Waals surface area contributed by atoms with E-state index in [1.54, 1.807) is 18.9 Å². The van der Waals surface area contributed by atoms with Crippen molar-refractivity contribution in [2.75, 3.05) is 11.9 Å². The fourth-order valence-electron chi connectivity index (χ4n) is 2.58. The summed E-state index contributed by atoms with van der Waals surface area (Å²) in [7, 11) is 1.71. The van der Waals surface area contributed by atoms with Gasteiger partial charge in [0.05, 0.1) is 0 Å². The highest BCUT2D eigenvalue weighted by atomic mass is 19.1. The first-order chi connectivity index (χ1) is 10.9. The molecular formula is C19H21F2NO. The maximum Gasteiger partial charge on any atom is 0.229 e. The predicted molar refractivity (Wildman–Crippen MR) is 88.5 cm³/mol. The van der Waals surface area contributed by atoms with Crippen LogP contribution in [0.4, 0.5) is 14.5 Å². The van der Waals surface area contributed by atoms with Crippen molar-refractivity contribution in [2.45, 2.75) is 26.7 Å². The Kier molecular flexibility index (Phi) is 5.48. The van der Waals surface area contributed by atoms with E-state index >= 15 is 0 Å². The summed E-state index contributed by atoms with van der Waals surface area (Å²) in [6.45, 7) is 3.84. The lowest BCUT2D eigenvalue weighted by molar-refractivity contribution is -0.121. The number of carbonyl (C=O) groups excluding carboxylic acids is 1. The summed E-state index contributed by atoms with van der Waals surface area (Å²) in [6.07, 6.45) is 1.24. The SMILES string of the molecule is CCc1ccc(N(C)C(=O)[C@@H](C)Cc2cc(F)cc(F)c2)cc1. The van der Waals surface area contributed by atoms with Gasteiger partial charge in [-0.05, 0) is 48.2 Å². The molecule has 0 spiro atoms. The summed E-state index contributed by atoms with van der Waals surface area (Å²) >= 11 is 0. The molecule has 0 aliphatic rings. The minimum absolute atomic E-state index is 0.0843. The van der Waals surface area contributed by atoms with Crippen molar-refractivity contribution in [3.8, 4) is 0 Å². The lowest BCUT2D eigenvalue weighted by Crippen LogP contribution is -2.32. The monoisotopic (exact) mass is 317 g/mol. The number of halogens is 2. The second kappa shape index (κ2) is 7.36. The minimum Gasteiger partial charge on any atom is -0.315 e. The summed E-state index contributed by atoms with van der Waals surface area (Å²) in [5.41, 5.74) is 2.50. The van der Waals surface area contributed by atoms with E-state index in [1.165, 1.54) is 17.7 Å². The van der Waals surface area contributed by atoms with Crippen molar-refractivity contribution in [3.63, 3.8) is 0 Å². The van der Waals surface area contributed by atoms with Crippen LogP contribution in [0.15, 0.2) is 42.5 Å². The third-order valence-corrected chi connectivity index (χ3v) is 3.95. The number of aryl methyl sites for hydroxylation is 1. The van der Waals surface area contributed by atoms with Crippen LogP contribution in [0.3, 0.4) is 0 Å². The van der Waals surface area contributed by atoms with Crippen LogP contribution in [-0.4, -0.2) is 13.0 Å². The molecule has 0 aromatic heterocycles. The van der Waals surface area contributed by atoms with Crippen LogP contribution >= 0.6 is 0 Å². The second-order valence-corrected chi connectivity index (χ2v) is 5.80. The highest BCUT2D eigenvalue weighted by molar-refractivity contribution is 5.94. The summed E-state index contributed by atoms with van der Waals surface area (Å²) < 4.78 is 26.5. The molecular weight excluding hydrogens is 296 g/mol.